The van der Waals surface area contributed by atoms with Crippen molar-refractivity contribution in [3.63, 3.8) is 0 Å². The molecule has 1 aromatic carbocycles. The van der Waals surface area contributed by atoms with Gasteiger partial charge in [-0.2, -0.15) is 0 Å². The number of rotatable bonds is 5. The van der Waals surface area contributed by atoms with Crippen LogP contribution in [-0.2, 0) is 13.5 Å². The van der Waals surface area contributed by atoms with Crippen LogP contribution in [0.25, 0.3) is 22.3 Å². The van der Waals surface area contributed by atoms with E-state index in [2.05, 4.69) is 38.8 Å². The molecule has 0 fully saturated rings. The van der Waals surface area contributed by atoms with Crippen LogP contribution in [0.2, 0.25) is 0 Å². The number of carbonyl (C=O) groups is 1. The summed E-state index contributed by atoms with van der Waals surface area (Å²) in [6.45, 7) is 6.26. The third kappa shape index (κ3) is 4.54. The standard InChI is InChI=1S/C32H35FN6O2/c1-19-16-22(31(40)36(3)4)17-25(33)29(19)21-8-13-38(14-9-21)20(2)28-18-24-27(7-12-35-30(24)37(28)5)39-15-10-26-23(32(39)41)6-11-34-26/h7-8,10,12,15-18,20,34H,6,9,11,13-14H2,1-5H3. The Morgan fingerprint density at radius 2 is 1.98 bits per heavy atom. The number of aryl methyl sites for hydroxylation is 2. The highest BCUT2D eigenvalue weighted by molar-refractivity contribution is 5.94. The van der Waals surface area contributed by atoms with E-state index in [4.69, 9.17) is 0 Å². The Kier molecular flexibility index (Phi) is 6.77. The summed E-state index contributed by atoms with van der Waals surface area (Å²) in [4.78, 5) is 34.1. The lowest BCUT2D eigenvalue weighted by molar-refractivity contribution is 0.0827. The Hall–Kier alpha value is -4.24. The number of fused-ring (bicyclic) bond motifs is 2. The second-order valence-corrected chi connectivity index (χ2v) is 11.3. The van der Waals surface area contributed by atoms with E-state index < -0.39 is 0 Å². The Bertz CT molecular complexity index is 1760. The summed E-state index contributed by atoms with van der Waals surface area (Å²) in [5, 5.41) is 4.21. The molecule has 2 aliphatic rings. The van der Waals surface area contributed by atoms with Gasteiger partial charge >= 0.3 is 0 Å². The predicted octanol–water partition coefficient (Wildman–Crippen LogP) is 4.69. The van der Waals surface area contributed by atoms with Gasteiger partial charge in [-0.15, -0.1) is 0 Å². The Balaban J connectivity index is 1.28. The number of halogens is 1. The second kappa shape index (κ2) is 10.3. The minimum absolute atomic E-state index is 0.00814. The van der Waals surface area contributed by atoms with E-state index in [1.54, 1.807) is 30.9 Å². The van der Waals surface area contributed by atoms with Crippen LogP contribution in [0.15, 0.2) is 53.6 Å². The quantitative estimate of drug-likeness (QED) is 0.388. The van der Waals surface area contributed by atoms with Gasteiger partial charge in [-0.3, -0.25) is 19.1 Å². The van der Waals surface area contributed by atoms with Gasteiger partial charge in [0.15, 0.2) is 0 Å². The predicted molar refractivity (Wildman–Crippen MR) is 160 cm³/mol. The number of amides is 1. The maximum absolute atomic E-state index is 15.2. The molecule has 212 valence electrons. The van der Waals surface area contributed by atoms with Crippen molar-refractivity contribution < 1.29 is 9.18 Å². The molecule has 0 bridgehead atoms. The molecule has 0 aliphatic carbocycles. The van der Waals surface area contributed by atoms with Crippen molar-refractivity contribution in [3.05, 3.63) is 92.9 Å². The molecule has 0 radical (unpaired) electrons. The van der Waals surface area contributed by atoms with Crippen LogP contribution in [0, 0.1) is 12.7 Å². The topological polar surface area (TPSA) is 75.4 Å². The lowest BCUT2D eigenvalue weighted by atomic mass is 9.92. The zero-order valence-electron chi connectivity index (χ0n) is 24.2. The highest BCUT2D eigenvalue weighted by Crippen LogP contribution is 2.34. The molecule has 1 unspecified atom stereocenters. The van der Waals surface area contributed by atoms with Crippen molar-refractivity contribution in [3.8, 4) is 5.69 Å². The van der Waals surface area contributed by atoms with E-state index in [0.29, 0.717) is 24.1 Å². The van der Waals surface area contributed by atoms with Crippen molar-refractivity contribution >= 4 is 28.2 Å². The average Bonchev–Trinajstić information content (AvgIpc) is 3.58. The smallest absolute Gasteiger partial charge is 0.260 e. The summed E-state index contributed by atoms with van der Waals surface area (Å²) < 4.78 is 19.1. The first kappa shape index (κ1) is 27.0. The van der Waals surface area contributed by atoms with Gasteiger partial charge in [0.25, 0.3) is 11.5 Å². The molecule has 8 nitrogen and oxygen atoms in total. The number of nitrogens with one attached hydrogen (secondary N) is 1. The van der Waals surface area contributed by atoms with E-state index in [9.17, 15) is 9.59 Å². The second-order valence-electron chi connectivity index (χ2n) is 11.3. The fraction of sp³-hybridized carbons (Fsp3) is 0.344. The maximum Gasteiger partial charge on any atom is 0.260 e. The average molecular weight is 555 g/mol. The highest BCUT2D eigenvalue weighted by Gasteiger charge is 2.26. The molecular weight excluding hydrogens is 519 g/mol. The van der Waals surface area contributed by atoms with Crippen LogP contribution < -0.4 is 10.9 Å². The fourth-order valence-corrected chi connectivity index (χ4v) is 6.32. The van der Waals surface area contributed by atoms with Crippen molar-refractivity contribution in [2.24, 2.45) is 7.05 Å². The van der Waals surface area contributed by atoms with Gasteiger partial charge in [-0.25, -0.2) is 9.37 Å². The number of pyridine rings is 2. The fourth-order valence-electron chi connectivity index (χ4n) is 6.32. The minimum Gasteiger partial charge on any atom is -0.384 e. The number of anilines is 1. The van der Waals surface area contributed by atoms with Crippen LogP contribution in [-0.4, -0.2) is 63.6 Å². The minimum atomic E-state index is -0.354. The van der Waals surface area contributed by atoms with Gasteiger partial charge in [0.1, 0.15) is 11.5 Å². The number of aromatic nitrogens is 3. The van der Waals surface area contributed by atoms with Crippen LogP contribution >= 0.6 is 0 Å². The molecule has 0 spiro atoms. The number of hydrogen-bond donors (Lipinski definition) is 1. The van der Waals surface area contributed by atoms with Gasteiger partial charge in [0, 0.05) is 92.7 Å². The number of hydrogen-bond acceptors (Lipinski definition) is 5. The van der Waals surface area contributed by atoms with E-state index >= 15 is 4.39 Å². The molecule has 5 heterocycles. The molecule has 4 aromatic rings. The largest absolute Gasteiger partial charge is 0.384 e. The maximum atomic E-state index is 15.2. The monoisotopic (exact) mass is 554 g/mol. The SMILES string of the molecule is Cc1cc(C(=O)N(C)C)cc(F)c1C1=CCN(C(C)c2cc3c(-n4ccc5c(c4=O)CCN5)ccnc3n2C)CC1. The molecule has 3 aromatic heterocycles. The summed E-state index contributed by atoms with van der Waals surface area (Å²) in [7, 11) is 5.35. The summed E-state index contributed by atoms with van der Waals surface area (Å²) in [5.41, 5.74) is 7.21. The van der Waals surface area contributed by atoms with Gasteiger partial charge in [-0.05, 0) is 68.2 Å². The Labute approximate surface area is 238 Å². The highest BCUT2D eigenvalue weighted by atomic mass is 19.1. The van der Waals surface area contributed by atoms with E-state index in [1.807, 2.05) is 32.3 Å². The van der Waals surface area contributed by atoms with Crippen molar-refractivity contribution in [1.82, 2.24) is 23.9 Å². The molecule has 1 amide bonds. The van der Waals surface area contributed by atoms with Crippen molar-refractivity contribution in [2.45, 2.75) is 32.7 Å². The lowest BCUT2D eigenvalue weighted by Gasteiger charge is -2.32. The number of carbonyl (C=O) groups excluding carboxylic acids is 1. The molecule has 0 saturated carbocycles. The van der Waals surface area contributed by atoms with Crippen LogP contribution in [0.3, 0.4) is 0 Å². The third-order valence-electron chi connectivity index (χ3n) is 8.56. The third-order valence-corrected chi connectivity index (χ3v) is 8.56. The molecule has 6 rings (SSSR count). The number of nitrogens with zero attached hydrogens (tertiary/aromatic N) is 5. The molecule has 41 heavy (non-hydrogen) atoms. The van der Waals surface area contributed by atoms with E-state index in [1.165, 1.54) is 11.0 Å². The van der Waals surface area contributed by atoms with Crippen molar-refractivity contribution in [1.29, 1.82) is 0 Å². The van der Waals surface area contributed by atoms with Gasteiger partial charge in [-0.1, -0.05) is 6.08 Å². The Morgan fingerprint density at radius 3 is 2.68 bits per heavy atom. The van der Waals surface area contributed by atoms with Crippen molar-refractivity contribution in [2.75, 3.05) is 39.0 Å². The Morgan fingerprint density at radius 1 is 1.17 bits per heavy atom. The summed E-state index contributed by atoms with van der Waals surface area (Å²) in [5.74, 6) is -0.561. The van der Waals surface area contributed by atoms with E-state index in [-0.39, 0.29) is 23.3 Å². The molecule has 1 N–H and O–H groups in total. The summed E-state index contributed by atoms with van der Waals surface area (Å²) in [6.07, 6.45) is 7.13. The lowest BCUT2D eigenvalue weighted by Crippen LogP contribution is -2.32. The first-order chi connectivity index (χ1) is 19.7. The first-order valence-electron chi connectivity index (χ1n) is 14.0. The number of benzene rings is 1. The molecule has 9 heteroatoms. The van der Waals surface area contributed by atoms with Crippen LogP contribution in [0.4, 0.5) is 10.1 Å². The zero-order chi connectivity index (χ0) is 29.0. The molecular formula is C32H35FN6O2. The normalized spacial score (nSPS) is 15.9. The van der Waals surface area contributed by atoms with Gasteiger partial charge < -0.3 is 14.8 Å². The summed E-state index contributed by atoms with van der Waals surface area (Å²) in [6, 6.07) is 9.22. The van der Waals surface area contributed by atoms with Gasteiger partial charge in [0.2, 0.25) is 0 Å². The molecule has 2 aliphatic heterocycles. The summed E-state index contributed by atoms with van der Waals surface area (Å²) >= 11 is 0. The first-order valence-corrected chi connectivity index (χ1v) is 14.0. The molecule has 0 saturated heterocycles. The molecule has 1 atom stereocenters. The van der Waals surface area contributed by atoms with Gasteiger partial charge in [0.05, 0.1) is 5.69 Å². The van der Waals surface area contributed by atoms with E-state index in [0.717, 1.165) is 64.3 Å². The van der Waals surface area contributed by atoms with Crippen LogP contribution in [0.1, 0.15) is 52.1 Å². The van der Waals surface area contributed by atoms with Crippen LogP contribution in [0.5, 0.6) is 0 Å². The zero-order valence-corrected chi connectivity index (χ0v) is 24.2.